The zero-order chi connectivity index (χ0) is 49.1. The van der Waals surface area contributed by atoms with Crippen LogP contribution in [0.25, 0.3) is 0 Å². The predicted octanol–water partition coefficient (Wildman–Crippen LogP) is 6.66. The van der Waals surface area contributed by atoms with Gasteiger partial charge in [0.25, 0.3) is 20.0 Å². The molecule has 6 aromatic rings. The van der Waals surface area contributed by atoms with E-state index in [1.807, 2.05) is 58.3 Å². The Hall–Kier alpha value is -4.48. The Bertz CT molecular complexity index is 2840. The number of benzene rings is 4. The van der Waals surface area contributed by atoms with Gasteiger partial charge >= 0.3 is 0 Å². The standard InChI is InChI=1S/2C24H28N2O5S3/c2*1-24(2,27)19-10-12-20(13-11-19)26-15-14-25(34(30,31)23-9-6-16-32-23)17-21(26)18-33(28,29)22-7-4-3-5-8-22/h2*3-13,16,21,27H,14-15,17-18H2,1-2H3/t2*21-/m11/s1. The first-order chi connectivity index (χ1) is 32.0. The fourth-order valence-corrected chi connectivity index (χ4v) is 16.5. The van der Waals surface area contributed by atoms with Crippen molar-refractivity contribution >= 4 is 73.8 Å². The fraction of sp³-hybridized carbons (Fsp3) is 0.333. The van der Waals surface area contributed by atoms with Crippen LogP contribution >= 0.6 is 22.7 Å². The summed E-state index contributed by atoms with van der Waals surface area (Å²) in [6.07, 6.45) is 0. The van der Waals surface area contributed by atoms with Crippen molar-refractivity contribution in [3.63, 3.8) is 0 Å². The minimum atomic E-state index is -3.71. The Balaban J connectivity index is 0.000000201. The third kappa shape index (κ3) is 11.9. The smallest absolute Gasteiger partial charge is 0.252 e. The first kappa shape index (κ1) is 51.4. The van der Waals surface area contributed by atoms with E-state index < -0.39 is 63.0 Å². The van der Waals surface area contributed by atoms with Crippen LogP contribution in [0.3, 0.4) is 0 Å². The maximum absolute atomic E-state index is 13.2. The van der Waals surface area contributed by atoms with Gasteiger partial charge in [0.2, 0.25) is 0 Å². The summed E-state index contributed by atoms with van der Waals surface area (Å²) in [7, 11) is -14.7. The number of nitrogens with zero attached hydrogens (tertiary/aromatic N) is 4. The summed E-state index contributed by atoms with van der Waals surface area (Å²) >= 11 is 2.30. The maximum Gasteiger partial charge on any atom is 0.252 e. The average molecular weight is 1040 g/mol. The molecule has 0 amide bonds. The first-order valence-electron chi connectivity index (χ1n) is 21.8. The van der Waals surface area contributed by atoms with E-state index in [2.05, 4.69) is 0 Å². The first-order valence-corrected chi connectivity index (χ1v) is 29.7. The molecule has 8 rings (SSSR count). The van der Waals surface area contributed by atoms with Gasteiger partial charge in [-0.1, -0.05) is 72.8 Å². The molecule has 2 fully saturated rings. The summed E-state index contributed by atoms with van der Waals surface area (Å²) in [6.45, 7) is 8.10. The molecule has 2 aliphatic rings. The lowest BCUT2D eigenvalue weighted by molar-refractivity contribution is 0.0780. The van der Waals surface area contributed by atoms with E-state index in [0.717, 1.165) is 45.2 Å². The Morgan fingerprint density at radius 1 is 0.471 bits per heavy atom. The molecular weight excluding hydrogens is 985 g/mol. The lowest BCUT2D eigenvalue weighted by atomic mass is 9.98. The van der Waals surface area contributed by atoms with Gasteiger partial charge < -0.3 is 20.0 Å². The van der Waals surface area contributed by atoms with Crippen molar-refractivity contribution in [3.8, 4) is 0 Å². The van der Waals surface area contributed by atoms with Gasteiger partial charge in [0.05, 0.1) is 44.6 Å². The van der Waals surface area contributed by atoms with E-state index in [9.17, 15) is 43.9 Å². The van der Waals surface area contributed by atoms with Crippen molar-refractivity contribution in [1.82, 2.24) is 8.61 Å². The number of anilines is 2. The van der Waals surface area contributed by atoms with Crippen LogP contribution in [0.15, 0.2) is 162 Å². The van der Waals surface area contributed by atoms with Crippen LogP contribution < -0.4 is 9.80 Å². The van der Waals surface area contributed by atoms with Gasteiger partial charge in [0.15, 0.2) is 19.7 Å². The number of aliphatic hydroxyl groups is 2. The van der Waals surface area contributed by atoms with Crippen LogP contribution in [0, 0.1) is 0 Å². The summed E-state index contributed by atoms with van der Waals surface area (Å²) in [5, 5.41) is 24.0. The van der Waals surface area contributed by atoms with Gasteiger partial charge in [-0.3, -0.25) is 0 Å². The van der Waals surface area contributed by atoms with E-state index >= 15 is 0 Å². The quantitative estimate of drug-likeness (QED) is 0.118. The van der Waals surface area contributed by atoms with Gasteiger partial charge in [-0.2, -0.15) is 8.61 Å². The van der Waals surface area contributed by atoms with Gasteiger partial charge in [-0.25, -0.2) is 33.7 Å². The molecule has 4 aromatic carbocycles. The minimum absolute atomic E-state index is 0.0551. The molecule has 2 atom stereocenters. The number of rotatable bonds is 14. The lowest BCUT2D eigenvalue weighted by Gasteiger charge is -2.42. The highest BCUT2D eigenvalue weighted by molar-refractivity contribution is 7.92. The molecule has 0 aliphatic carbocycles. The Morgan fingerprint density at radius 2 is 0.809 bits per heavy atom. The van der Waals surface area contributed by atoms with E-state index in [-0.39, 0.29) is 55.9 Å². The second-order valence-corrected chi connectivity index (χ2v) is 28.0. The second kappa shape index (κ2) is 20.5. The Morgan fingerprint density at radius 3 is 1.10 bits per heavy atom. The summed E-state index contributed by atoms with van der Waals surface area (Å²) in [5.41, 5.74) is 1.06. The molecule has 68 heavy (non-hydrogen) atoms. The van der Waals surface area contributed by atoms with Crippen LogP contribution in [0.4, 0.5) is 11.4 Å². The fourth-order valence-electron chi connectivity index (χ4n) is 8.21. The molecule has 2 aliphatic heterocycles. The van der Waals surface area contributed by atoms with Gasteiger partial charge in [0.1, 0.15) is 8.42 Å². The molecule has 0 bridgehead atoms. The third-order valence-corrected chi connectivity index (χ3v) is 22.0. The number of piperazine rings is 2. The van der Waals surface area contributed by atoms with Crippen molar-refractivity contribution in [2.45, 2.75) is 69.2 Å². The topological polar surface area (TPSA) is 190 Å². The molecule has 0 radical (unpaired) electrons. The minimum Gasteiger partial charge on any atom is -0.386 e. The molecule has 2 N–H and O–H groups in total. The van der Waals surface area contributed by atoms with Crippen LogP contribution in [0.1, 0.15) is 38.8 Å². The van der Waals surface area contributed by atoms with Gasteiger partial charge in [-0.15, -0.1) is 22.7 Å². The summed E-state index contributed by atoms with van der Waals surface area (Å²) in [4.78, 5) is 4.33. The van der Waals surface area contributed by atoms with Crippen LogP contribution in [-0.2, 0) is 50.9 Å². The van der Waals surface area contributed by atoms with Crippen LogP contribution in [-0.4, -0.2) is 115 Å². The van der Waals surface area contributed by atoms with Crippen LogP contribution in [0.5, 0.6) is 0 Å². The summed E-state index contributed by atoms with van der Waals surface area (Å²) < 4.78 is 109. The number of sulfonamides is 2. The van der Waals surface area contributed by atoms with E-state index in [1.165, 1.54) is 8.61 Å². The van der Waals surface area contributed by atoms with Gasteiger partial charge in [0, 0.05) is 50.6 Å². The molecule has 364 valence electrons. The molecule has 14 nitrogen and oxygen atoms in total. The number of hydrogen-bond acceptors (Lipinski definition) is 14. The largest absolute Gasteiger partial charge is 0.386 e. The highest BCUT2D eigenvalue weighted by atomic mass is 32.3. The third-order valence-electron chi connectivity index (χ3n) is 11.9. The highest BCUT2D eigenvalue weighted by Crippen LogP contribution is 2.32. The molecule has 0 saturated carbocycles. The summed E-state index contributed by atoms with van der Waals surface area (Å²) in [5.74, 6) is -0.443. The molecule has 2 saturated heterocycles. The lowest BCUT2D eigenvalue weighted by Crippen LogP contribution is -2.57. The Labute approximate surface area is 408 Å². The second-order valence-electron chi connectivity index (χ2n) is 17.7. The average Bonchev–Trinajstić information content (AvgIpc) is 4.07. The van der Waals surface area contributed by atoms with Crippen molar-refractivity contribution in [2.75, 3.05) is 60.6 Å². The molecule has 0 unspecified atom stereocenters. The van der Waals surface area contributed by atoms with Crippen molar-refractivity contribution < 1.29 is 43.9 Å². The van der Waals surface area contributed by atoms with Gasteiger partial charge in [-0.05, 0) is 110 Å². The summed E-state index contributed by atoms with van der Waals surface area (Å²) in [6, 6.07) is 36.4. The van der Waals surface area contributed by atoms with E-state index in [0.29, 0.717) is 13.1 Å². The highest BCUT2D eigenvalue weighted by Gasteiger charge is 2.39. The monoisotopic (exact) mass is 1040 g/mol. The predicted molar refractivity (Wildman–Crippen MR) is 269 cm³/mol. The molecule has 0 spiro atoms. The van der Waals surface area contributed by atoms with Crippen molar-refractivity contribution in [2.24, 2.45) is 0 Å². The number of thiophene rings is 2. The molecule has 4 heterocycles. The van der Waals surface area contributed by atoms with Crippen LogP contribution in [0.2, 0.25) is 0 Å². The van der Waals surface area contributed by atoms with E-state index in [4.69, 9.17) is 0 Å². The maximum atomic E-state index is 13.2. The van der Waals surface area contributed by atoms with Crippen molar-refractivity contribution in [1.29, 1.82) is 0 Å². The molecule has 2 aromatic heterocycles. The normalized spacial score (nSPS) is 18.2. The zero-order valence-electron chi connectivity index (χ0n) is 38.1. The molecular formula is C48H56N4O10S6. The van der Waals surface area contributed by atoms with E-state index in [1.54, 1.807) is 123 Å². The number of hydrogen-bond donors (Lipinski definition) is 2. The SMILES string of the molecule is CC(C)(O)c1ccc(N2CCN(S(=O)(=O)c3cccs3)C[C@@H]2CS(=O)(=O)c2ccccc2)cc1.CC(C)(O)c1ccc(N2CCN(S(=O)(=O)c3cccs3)C[C@@H]2CS(=O)(=O)c2ccccc2)cc1. The number of sulfone groups is 2. The molecule has 20 heteroatoms. The Kier molecular flexibility index (Phi) is 15.5. The zero-order valence-corrected chi connectivity index (χ0v) is 43.0. The van der Waals surface area contributed by atoms with Crippen molar-refractivity contribution in [3.05, 3.63) is 155 Å².